The highest BCUT2D eigenvalue weighted by molar-refractivity contribution is 6.35. The highest BCUT2D eigenvalue weighted by Crippen LogP contribution is 2.29. The summed E-state index contributed by atoms with van der Waals surface area (Å²) < 4.78 is 19.2. The summed E-state index contributed by atoms with van der Waals surface area (Å²) in [6.07, 6.45) is 5.12. The number of ether oxygens (including phenoxy) is 3. The van der Waals surface area contributed by atoms with Crippen molar-refractivity contribution in [2.75, 3.05) is 26.7 Å². The van der Waals surface area contributed by atoms with Crippen LogP contribution in [0.25, 0.3) is 11.0 Å². The summed E-state index contributed by atoms with van der Waals surface area (Å²) in [6.45, 7) is 5.90. The van der Waals surface area contributed by atoms with Crippen LogP contribution in [0.2, 0.25) is 10.0 Å². The van der Waals surface area contributed by atoms with Crippen molar-refractivity contribution in [2.24, 2.45) is 5.73 Å². The fourth-order valence-electron chi connectivity index (χ4n) is 5.21. The number of nitrogens with zero attached hydrogens (tertiary/aromatic N) is 4. The minimum absolute atomic E-state index is 0.0788. The molecule has 0 spiro atoms. The van der Waals surface area contributed by atoms with E-state index in [1.807, 2.05) is 31.2 Å². The largest absolute Gasteiger partial charge is 0.490 e. The Hall–Kier alpha value is -3.99. The van der Waals surface area contributed by atoms with Gasteiger partial charge in [-0.1, -0.05) is 23.2 Å². The zero-order valence-electron chi connectivity index (χ0n) is 24.8. The van der Waals surface area contributed by atoms with Crippen molar-refractivity contribution in [2.45, 2.75) is 45.6 Å². The molecule has 0 aliphatic carbocycles. The van der Waals surface area contributed by atoms with Crippen molar-refractivity contribution in [1.29, 1.82) is 0 Å². The summed E-state index contributed by atoms with van der Waals surface area (Å²) in [4.78, 5) is 23.9. The van der Waals surface area contributed by atoms with Gasteiger partial charge in [-0.05, 0) is 62.2 Å². The number of likely N-dealkylation sites (tertiary alicyclic amines) is 1. The second kappa shape index (κ2) is 14.7. The van der Waals surface area contributed by atoms with Crippen LogP contribution in [0.4, 0.5) is 0 Å². The molecule has 232 valence electrons. The summed E-state index contributed by atoms with van der Waals surface area (Å²) in [6, 6.07) is 14.3. The first-order valence-corrected chi connectivity index (χ1v) is 15.3. The second-order valence-electron chi connectivity index (χ2n) is 10.5. The fourth-order valence-corrected chi connectivity index (χ4v) is 5.67. The standard InChI is InChI=1S/C32H36Cl2N6O4/c1-3-36-24(17-35)18-40-29-14-21(32(41)42-2)4-6-28(29)38-31(40)19-39-12-9-25(10-13-39)44-26-8-11-37-23(16-26)20-43-30-7-5-22(33)15-27(30)34/h4-8,11,14-17,25,36H,3,9-10,12-13,18-20,35H2,1-2H3/b24-17-. The van der Waals surface area contributed by atoms with Gasteiger partial charge in [0.25, 0.3) is 0 Å². The van der Waals surface area contributed by atoms with Crippen LogP contribution in [0.1, 0.15) is 41.6 Å². The molecule has 3 heterocycles. The molecule has 0 atom stereocenters. The maximum absolute atomic E-state index is 12.2. The lowest BCUT2D eigenvalue weighted by molar-refractivity contribution is 0.0601. The van der Waals surface area contributed by atoms with E-state index < -0.39 is 0 Å². The summed E-state index contributed by atoms with van der Waals surface area (Å²) >= 11 is 12.2. The van der Waals surface area contributed by atoms with Gasteiger partial charge in [-0.3, -0.25) is 9.88 Å². The smallest absolute Gasteiger partial charge is 0.337 e. The van der Waals surface area contributed by atoms with E-state index in [-0.39, 0.29) is 18.7 Å². The number of nitrogens with two attached hydrogens (primary N) is 1. The number of methoxy groups -OCH3 is 1. The van der Waals surface area contributed by atoms with Gasteiger partial charge in [0.1, 0.15) is 30.0 Å². The van der Waals surface area contributed by atoms with Crippen LogP contribution in [0.5, 0.6) is 11.5 Å². The van der Waals surface area contributed by atoms with E-state index in [9.17, 15) is 4.79 Å². The van der Waals surface area contributed by atoms with Crippen molar-refractivity contribution >= 4 is 40.2 Å². The molecule has 5 rings (SSSR count). The van der Waals surface area contributed by atoms with E-state index in [0.717, 1.165) is 66.5 Å². The van der Waals surface area contributed by atoms with Crippen LogP contribution < -0.4 is 20.5 Å². The van der Waals surface area contributed by atoms with E-state index in [1.165, 1.54) is 7.11 Å². The van der Waals surface area contributed by atoms with Gasteiger partial charge < -0.3 is 29.8 Å². The summed E-state index contributed by atoms with van der Waals surface area (Å²) in [5.41, 5.74) is 9.68. The molecule has 12 heteroatoms. The Morgan fingerprint density at radius 1 is 1.14 bits per heavy atom. The second-order valence-corrected chi connectivity index (χ2v) is 11.3. The monoisotopic (exact) mass is 638 g/mol. The number of nitrogens with one attached hydrogen (secondary N) is 1. The lowest BCUT2D eigenvalue weighted by atomic mass is 10.1. The quantitative estimate of drug-likeness (QED) is 0.192. The number of rotatable bonds is 12. The van der Waals surface area contributed by atoms with Gasteiger partial charge >= 0.3 is 5.97 Å². The number of hydrogen-bond donors (Lipinski definition) is 2. The molecule has 0 bridgehead atoms. The average Bonchev–Trinajstić information content (AvgIpc) is 3.36. The Bertz CT molecular complexity index is 1630. The van der Waals surface area contributed by atoms with Crippen molar-refractivity contribution in [3.8, 4) is 11.5 Å². The van der Waals surface area contributed by atoms with E-state index in [1.54, 1.807) is 36.7 Å². The molecule has 2 aromatic carbocycles. The molecule has 1 fully saturated rings. The first-order chi connectivity index (χ1) is 21.4. The van der Waals surface area contributed by atoms with E-state index in [2.05, 4.69) is 19.8 Å². The Kier molecular flexibility index (Phi) is 10.5. The van der Waals surface area contributed by atoms with E-state index in [0.29, 0.717) is 34.4 Å². The van der Waals surface area contributed by atoms with E-state index in [4.69, 9.17) is 48.1 Å². The average molecular weight is 640 g/mol. The molecule has 0 radical (unpaired) electrons. The van der Waals surface area contributed by atoms with Crippen molar-refractivity contribution in [3.63, 3.8) is 0 Å². The molecule has 2 aromatic heterocycles. The maximum atomic E-state index is 12.2. The number of hydrogen-bond acceptors (Lipinski definition) is 9. The number of halogens is 2. The van der Waals surface area contributed by atoms with Crippen LogP contribution >= 0.6 is 23.2 Å². The number of carbonyl (C=O) groups is 1. The number of piperidine rings is 1. The van der Waals surface area contributed by atoms with Gasteiger partial charge in [0, 0.05) is 48.8 Å². The molecule has 0 amide bonds. The number of carbonyl (C=O) groups excluding carboxylic acids is 1. The normalized spacial score (nSPS) is 14.5. The molecule has 1 saturated heterocycles. The lowest BCUT2D eigenvalue weighted by Gasteiger charge is -2.32. The van der Waals surface area contributed by atoms with Gasteiger partial charge in [0.15, 0.2) is 0 Å². The van der Waals surface area contributed by atoms with Crippen molar-refractivity contribution in [1.82, 2.24) is 24.8 Å². The number of benzene rings is 2. The minimum Gasteiger partial charge on any atom is -0.490 e. The predicted octanol–water partition coefficient (Wildman–Crippen LogP) is 5.56. The lowest BCUT2D eigenvalue weighted by Crippen LogP contribution is -2.38. The van der Waals surface area contributed by atoms with Gasteiger partial charge in [0.2, 0.25) is 0 Å². The van der Waals surface area contributed by atoms with Crippen LogP contribution in [0, 0.1) is 0 Å². The fraction of sp³-hybridized carbons (Fsp3) is 0.344. The third kappa shape index (κ3) is 7.74. The van der Waals surface area contributed by atoms with Gasteiger partial charge in [-0.15, -0.1) is 0 Å². The number of likely N-dealkylation sites (N-methyl/N-ethyl adjacent to an activating group) is 1. The Balaban J connectivity index is 1.22. The first kappa shape index (κ1) is 31.4. The first-order valence-electron chi connectivity index (χ1n) is 14.5. The molecule has 1 aliphatic rings. The molecule has 44 heavy (non-hydrogen) atoms. The van der Waals surface area contributed by atoms with Crippen LogP contribution in [0.3, 0.4) is 0 Å². The van der Waals surface area contributed by atoms with Crippen LogP contribution in [-0.4, -0.2) is 58.3 Å². The minimum atomic E-state index is -0.385. The Labute approximate surface area is 266 Å². The van der Waals surface area contributed by atoms with Crippen molar-refractivity contribution in [3.05, 3.63) is 93.8 Å². The SMILES string of the molecule is CCN/C(=C\N)Cn1c(CN2CCC(Oc3ccnc(COc4ccc(Cl)cc4Cl)c3)CC2)nc2ccc(C(=O)OC)cc21. The highest BCUT2D eigenvalue weighted by Gasteiger charge is 2.23. The van der Waals surface area contributed by atoms with Crippen LogP contribution in [-0.2, 0) is 24.4 Å². The van der Waals surface area contributed by atoms with E-state index >= 15 is 0 Å². The van der Waals surface area contributed by atoms with Crippen LogP contribution in [0.15, 0.2) is 66.6 Å². The van der Waals surface area contributed by atoms with Gasteiger partial charge in [-0.2, -0.15) is 0 Å². The predicted molar refractivity (Wildman–Crippen MR) is 171 cm³/mol. The number of esters is 1. The Morgan fingerprint density at radius 2 is 1.95 bits per heavy atom. The number of imidazole rings is 1. The molecular formula is C32H36Cl2N6O4. The number of fused-ring (bicyclic) bond motifs is 1. The number of aromatic nitrogens is 3. The maximum Gasteiger partial charge on any atom is 0.337 e. The molecule has 0 saturated carbocycles. The third-order valence-corrected chi connectivity index (χ3v) is 7.97. The zero-order valence-corrected chi connectivity index (χ0v) is 26.3. The third-order valence-electron chi connectivity index (χ3n) is 7.44. The summed E-state index contributed by atoms with van der Waals surface area (Å²) in [5.74, 6) is 1.82. The molecule has 10 nitrogen and oxygen atoms in total. The summed E-state index contributed by atoms with van der Waals surface area (Å²) in [7, 11) is 1.38. The Morgan fingerprint density at radius 3 is 2.68 bits per heavy atom. The molecule has 4 aromatic rings. The highest BCUT2D eigenvalue weighted by atomic mass is 35.5. The zero-order chi connectivity index (χ0) is 31.1. The van der Waals surface area contributed by atoms with Crippen molar-refractivity contribution < 1.29 is 19.0 Å². The topological polar surface area (TPSA) is 117 Å². The molecule has 1 aliphatic heterocycles. The summed E-state index contributed by atoms with van der Waals surface area (Å²) in [5, 5.41) is 4.31. The molecular weight excluding hydrogens is 603 g/mol. The molecule has 0 unspecified atom stereocenters. The van der Waals surface area contributed by atoms with Gasteiger partial charge in [0.05, 0.1) is 47.5 Å². The number of allylic oxidation sites excluding steroid dienone is 1. The molecule has 3 N–H and O–H groups in total. The number of pyridine rings is 1. The van der Waals surface area contributed by atoms with Gasteiger partial charge in [-0.25, -0.2) is 9.78 Å².